The molecular weight excluding hydrogens is 246 g/mol. The van der Waals surface area contributed by atoms with E-state index >= 15 is 0 Å². The highest BCUT2D eigenvalue weighted by Crippen LogP contribution is 2.19. The van der Waals surface area contributed by atoms with Crippen LogP contribution in [0.25, 0.3) is 0 Å². The van der Waals surface area contributed by atoms with E-state index in [1.165, 1.54) is 22.4 Å². The molecule has 2 aromatic rings. The van der Waals surface area contributed by atoms with Gasteiger partial charge in [-0.15, -0.1) is 0 Å². The summed E-state index contributed by atoms with van der Waals surface area (Å²) in [5.74, 6) is 0.553. The Morgan fingerprint density at radius 3 is 2.45 bits per heavy atom. The summed E-state index contributed by atoms with van der Waals surface area (Å²) in [6, 6.07) is 17.0. The summed E-state index contributed by atoms with van der Waals surface area (Å²) in [6.45, 7) is 5.91. The molecule has 2 heteroatoms. The summed E-state index contributed by atoms with van der Waals surface area (Å²) in [5, 5.41) is 3.50. The van der Waals surface area contributed by atoms with Gasteiger partial charge in [-0.3, -0.25) is 0 Å². The molecule has 0 atom stereocenters. The van der Waals surface area contributed by atoms with Crippen LogP contribution in [0, 0.1) is 0 Å². The molecule has 20 heavy (non-hydrogen) atoms. The van der Waals surface area contributed by atoms with Crippen LogP contribution in [0.4, 0.5) is 5.69 Å². The SMILES string of the molecule is COCc1ccccc1CNc1cccc(C(C)C)c1. The van der Waals surface area contributed by atoms with Gasteiger partial charge in [-0.2, -0.15) is 0 Å². The molecule has 2 rings (SSSR count). The molecule has 0 spiro atoms. The smallest absolute Gasteiger partial charge is 0.0716 e. The molecule has 0 bridgehead atoms. The second-order valence-corrected chi connectivity index (χ2v) is 5.34. The maximum absolute atomic E-state index is 5.24. The highest BCUT2D eigenvalue weighted by Gasteiger charge is 2.03. The van der Waals surface area contributed by atoms with Gasteiger partial charge in [0.15, 0.2) is 0 Å². The van der Waals surface area contributed by atoms with Crippen LogP contribution >= 0.6 is 0 Å². The maximum atomic E-state index is 5.24. The fourth-order valence-corrected chi connectivity index (χ4v) is 2.23. The third-order valence-corrected chi connectivity index (χ3v) is 3.45. The molecule has 0 amide bonds. The van der Waals surface area contributed by atoms with Crippen molar-refractivity contribution in [3.8, 4) is 0 Å². The zero-order valence-corrected chi connectivity index (χ0v) is 12.5. The Bertz CT molecular complexity index is 549. The monoisotopic (exact) mass is 269 g/mol. The van der Waals surface area contributed by atoms with Crippen LogP contribution in [0.15, 0.2) is 48.5 Å². The zero-order chi connectivity index (χ0) is 14.4. The van der Waals surface area contributed by atoms with Gasteiger partial charge in [0.1, 0.15) is 0 Å². The quantitative estimate of drug-likeness (QED) is 0.829. The fraction of sp³-hybridized carbons (Fsp3) is 0.333. The lowest BCUT2D eigenvalue weighted by molar-refractivity contribution is 0.184. The van der Waals surface area contributed by atoms with Gasteiger partial charge in [-0.1, -0.05) is 50.2 Å². The third-order valence-electron chi connectivity index (χ3n) is 3.45. The highest BCUT2D eigenvalue weighted by molar-refractivity contribution is 5.47. The van der Waals surface area contributed by atoms with Crippen molar-refractivity contribution < 1.29 is 4.74 Å². The van der Waals surface area contributed by atoms with Gasteiger partial charge in [0.2, 0.25) is 0 Å². The van der Waals surface area contributed by atoms with Gasteiger partial charge in [-0.05, 0) is 34.7 Å². The number of benzene rings is 2. The molecule has 0 fully saturated rings. The van der Waals surface area contributed by atoms with Crippen molar-refractivity contribution in [3.05, 3.63) is 65.2 Å². The Morgan fingerprint density at radius 2 is 1.75 bits per heavy atom. The Morgan fingerprint density at radius 1 is 1.00 bits per heavy atom. The van der Waals surface area contributed by atoms with Crippen LogP contribution in [0.1, 0.15) is 36.5 Å². The van der Waals surface area contributed by atoms with E-state index in [-0.39, 0.29) is 0 Å². The number of anilines is 1. The summed E-state index contributed by atoms with van der Waals surface area (Å²) in [7, 11) is 1.73. The number of ether oxygens (including phenoxy) is 1. The third kappa shape index (κ3) is 3.84. The van der Waals surface area contributed by atoms with Gasteiger partial charge in [-0.25, -0.2) is 0 Å². The molecule has 0 heterocycles. The molecule has 1 N–H and O–H groups in total. The lowest BCUT2D eigenvalue weighted by atomic mass is 10.0. The van der Waals surface area contributed by atoms with Crippen LogP contribution in [0.5, 0.6) is 0 Å². The molecule has 0 aliphatic carbocycles. The lowest BCUT2D eigenvalue weighted by Gasteiger charge is -2.13. The minimum atomic E-state index is 0.553. The second kappa shape index (κ2) is 7.11. The van der Waals surface area contributed by atoms with Crippen LogP contribution in [-0.4, -0.2) is 7.11 Å². The van der Waals surface area contributed by atoms with Crippen molar-refractivity contribution in [2.45, 2.75) is 32.9 Å². The summed E-state index contributed by atoms with van der Waals surface area (Å²) in [6.07, 6.45) is 0. The van der Waals surface area contributed by atoms with E-state index < -0.39 is 0 Å². The molecule has 0 radical (unpaired) electrons. The average Bonchev–Trinajstić information content (AvgIpc) is 2.47. The van der Waals surface area contributed by atoms with Crippen molar-refractivity contribution >= 4 is 5.69 Å². The zero-order valence-electron chi connectivity index (χ0n) is 12.5. The van der Waals surface area contributed by atoms with E-state index in [2.05, 4.69) is 67.7 Å². The predicted octanol–water partition coefficient (Wildman–Crippen LogP) is 4.57. The number of nitrogens with one attached hydrogen (secondary N) is 1. The molecule has 106 valence electrons. The number of methoxy groups -OCH3 is 1. The van der Waals surface area contributed by atoms with Gasteiger partial charge < -0.3 is 10.1 Å². The summed E-state index contributed by atoms with van der Waals surface area (Å²) in [4.78, 5) is 0. The summed E-state index contributed by atoms with van der Waals surface area (Å²) < 4.78 is 5.24. The second-order valence-electron chi connectivity index (χ2n) is 5.34. The van der Waals surface area contributed by atoms with E-state index in [0.29, 0.717) is 12.5 Å². The first kappa shape index (κ1) is 14.6. The van der Waals surface area contributed by atoms with E-state index in [1.54, 1.807) is 7.11 Å². The number of hydrogen-bond acceptors (Lipinski definition) is 2. The van der Waals surface area contributed by atoms with E-state index in [4.69, 9.17) is 4.74 Å². The molecule has 0 aliphatic rings. The van der Waals surface area contributed by atoms with Crippen molar-refractivity contribution in [2.75, 3.05) is 12.4 Å². The van der Waals surface area contributed by atoms with Crippen LogP contribution in [0.2, 0.25) is 0 Å². The topological polar surface area (TPSA) is 21.3 Å². The first-order valence-electron chi connectivity index (χ1n) is 7.10. The fourth-order valence-electron chi connectivity index (χ4n) is 2.23. The maximum Gasteiger partial charge on any atom is 0.0716 e. The first-order chi connectivity index (χ1) is 9.70. The predicted molar refractivity (Wildman–Crippen MR) is 85.0 cm³/mol. The summed E-state index contributed by atoms with van der Waals surface area (Å²) >= 11 is 0. The molecule has 0 saturated heterocycles. The Balaban J connectivity index is 2.07. The normalized spacial score (nSPS) is 10.8. The molecule has 0 aliphatic heterocycles. The summed E-state index contributed by atoms with van der Waals surface area (Å²) in [5.41, 5.74) is 5.05. The molecule has 0 aromatic heterocycles. The van der Waals surface area contributed by atoms with Gasteiger partial charge in [0.05, 0.1) is 6.61 Å². The van der Waals surface area contributed by atoms with Crippen molar-refractivity contribution in [3.63, 3.8) is 0 Å². The van der Waals surface area contributed by atoms with E-state index in [9.17, 15) is 0 Å². The minimum absolute atomic E-state index is 0.553. The Hall–Kier alpha value is -1.80. The Labute approximate surface area is 121 Å². The highest BCUT2D eigenvalue weighted by atomic mass is 16.5. The largest absolute Gasteiger partial charge is 0.381 e. The number of hydrogen-bond donors (Lipinski definition) is 1. The number of rotatable bonds is 6. The van der Waals surface area contributed by atoms with Gasteiger partial charge in [0, 0.05) is 19.3 Å². The molecule has 2 nitrogen and oxygen atoms in total. The standard InChI is InChI=1S/C18H23NO/c1-14(2)15-9-6-10-18(11-15)19-12-16-7-4-5-8-17(16)13-20-3/h4-11,14,19H,12-13H2,1-3H3. The van der Waals surface area contributed by atoms with Crippen molar-refractivity contribution in [2.24, 2.45) is 0 Å². The van der Waals surface area contributed by atoms with E-state index in [0.717, 1.165) is 6.54 Å². The molecule has 2 aromatic carbocycles. The average molecular weight is 269 g/mol. The minimum Gasteiger partial charge on any atom is -0.381 e. The van der Waals surface area contributed by atoms with Gasteiger partial charge in [0.25, 0.3) is 0 Å². The Kier molecular flexibility index (Phi) is 5.19. The molecular formula is C18H23NO. The van der Waals surface area contributed by atoms with Gasteiger partial charge >= 0.3 is 0 Å². The van der Waals surface area contributed by atoms with Crippen LogP contribution < -0.4 is 5.32 Å². The van der Waals surface area contributed by atoms with Crippen LogP contribution in [0.3, 0.4) is 0 Å². The molecule has 0 saturated carbocycles. The van der Waals surface area contributed by atoms with Crippen LogP contribution in [-0.2, 0) is 17.9 Å². The van der Waals surface area contributed by atoms with Crippen molar-refractivity contribution in [1.29, 1.82) is 0 Å². The lowest BCUT2D eigenvalue weighted by Crippen LogP contribution is -2.04. The first-order valence-corrected chi connectivity index (χ1v) is 7.10. The van der Waals surface area contributed by atoms with Crippen molar-refractivity contribution in [1.82, 2.24) is 0 Å². The molecule has 0 unspecified atom stereocenters. The van der Waals surface area contributed by atoms with E-state index in [1.807, 2.05) is 0 Å².